The number of amides is 1. The summed E-state index contributed by atoms with van der Waals surface area (Å²) in [6, 6.07) is 5.94. The van der Waals surface area contributed by atoms with Gasteiger partial charge in [0.2, 0.25) is 5.91 Å². The molecular formula is C15H23N3O2. The summed E-state index contributed by atoms with van der Waals surface area (Å²) in [5.41, 5.74) is 1.06. The number of rotatable bonds is 4. The summed E-state index contributed by atoms with van der Waals surface area (Å²) in [6.45, 7) is 3.21. The largest absolute Gasteiger partial charge is 0.379 e. The van der Waals surface area contributed by atoms with E-state index in [1.54, 1.807) is 0 Å². The van der Waals surface area contributed by atoms with Gasteiger partial charge in [-0.1, -0.05) is 6.07 Å². The second-order valence-corrected chi connectivity index (χ2v) is 5.54. The van der Waals surface area contributed by atoms with Crippen molar-refractivity contribution in [2.24, 2.45) is 5.92 Å². The Morgan fingerprint density at radius 3 is 3.05 bits per heavy atom. The van der Waals surface area contributed by atoms with E-state index in [4.69, 9.17) is 4.74 Å². The number of pyridine rings is 1. The smallest absolute Gasteiger partial charge is 0.236 e. The quantitative estimate of drug-likeness (QED) is 0.811. The van der Waals surface area contributed by atoms with Crippen LogP contribution in [0.25, 0.3) is 0 Å². The molecule has 0 aromatic carbocycles. The molecule has 1 amide bonds. The fraction of sp³-hybridized carbons (Fsp3) is 0.600. The third-order valence-corrected chi connectivity index (χ3v) is 3.37. The summed E-state index contributed by atoms with van der Waals surface area (Å²) in [4.78, 5) is 20.3. The van der Waals surface area contributed by atoms with Crippen LogP contribution < -0.4 is 0 Å². The van der Waals surface area contributed by atoms with Gasteiger partial charge in [-0.3, -0.25) is 9.78 Å². The maximum Gasteiger partial charge on any atom is 0.236 e. The minimum Gasteiger partial charge on any atom is -0.379 e. The molecule has 1 fully saturated rings. The molecule has 1 aromatic rings. The van der Waals surface area contributed by atoms with Crippen molar-refractivity contribution in [3.63, 3.8) is 0 Å². The first-order valence-corrected chi connectivity index (χ1v) is 7.05. The molecule has 0 bridgehead atoms. The minimum absolute atomic E-state index is 0.173. The molecule has 0 spiro atoms. The molecule has 110 valence electrons. The number of hydrogen-bond acceptors (Lipinski definition) is 4. The lowest BCUT2D eigenvalue weighted by Gasteiger charge is -2.25. The first kappa shape index (κ1) is 14.9. The van der Waals surface area contributed by atoms with Crippen LogP contribution in [0.4, 0.5) is 0 Å². The van der Waals surface area contributed by atoms with Crippen molar-refractivity contribution >= 4 is 5.91 Å². The highest BCUT2D eigenvalue weighted by Crippen LogP contribution is 2.12. The number of hydrogen-bond donors (Lipinski definition) is 0. The molecule has 20 heavy (non-hydrogen) atoms. The van der Waals surface area contributed by atoms with Crippen molar-refractivity contribution in [3.05, 3.63) is 30.1 Å². The van der Waals surface area contributed by atoms with Gasteiger partial charge in [-0.2, -0.15) is 0 Å². The Morgan fingerprint density at radius 1 is 1.50 bits per heavy atom. The molecule has 0 radical (unpaired) electrons. The molecule has 1 aromatic heterocycles. The lowest BCUT2D eigenvalue weighted by atomic mass is 10.0. The summed E-state index contributed by atoms with van der Waals surface area (Å²) in [7, 11) is 3.83. The van der Waals surface area contributed by atoms with Crippen LogP contribution in [0.1, 0.15) is 5.69 Å². The second-order valence-electron chi connectivity index (χ2n) is 5.54. The van der Waals surface area contributed by atoms with Crippen LogP contribution in [0, 0.1) is 5.92 Å². The van der Waals surface area contributed by atoms with E-state index in [0.29, 0.717) is 32.2 Å². The van der Waals surface area contributed by atoms with Gasteiger partial charge in [0.25, 0.3) is 0 Å². The van der Waals surface area contributed by atoms with Crippen LogP contribution in [0.5, 0.6) is 0 Å². The van der Waals surface area contributed by atoms with Crippen molar-refractivity contribution in [1.29, 1.82) is 0 Å². The maximum atomic E-state index is 12.2. The van der Waals surface area contributed by atoms with Gasteiger partial charge in [-0.15, -0.1) is 0 Å². The molecule has 1 aliphatic rings. The van der Waals surface area contributed by atoms with E-state index >= 15 is 0 Å². The van der Waals surface area contributed by atoms with E-state index in [1.165, 1.54) is 0 Å². The molecule has 1 saturated heterocycles. The molecule has 5 heteroatoms. The van der Waals surface area contributed by atoms with Crippen LogP contribution in [0.2, 0.25) is 0 Å². The zero-order valence-corrected chi connectivity index (χ0v) is 12.3. The van der Waals surface area contributed by atoms with Crippen molar-refractivity contribution in [3.8, 4) is 0 Å². The number of ether oxygens (including phenoxy) is 1. The molecule has 0 saturated carbocycles. The van der Waals surface area contributed by atoms with E-state index in [2.05, 4.69) is 4.98 Å². The SMILES string of the molecule is CN(C)CC(=O)N1CCOC[C@@H](Cc2ccccn2)C1. The number of carbonyl (C=O) groups is 1. The maximum absolute atomic E-state index is 12.2. The third-order valence-electron chi connectivity index (χ3n) is 3.37. The van der Waals surface area contributed by atoms with Crippen LogP contribution >= 0.6 is 0 Å². The number of aromatic nitrogens is 1. The third kappa shape index (κ3) is 4.58. The van der Waals surface area contributed by atoms with Crippen molar-refractivity contribution in [2.45, 2.75) is 6.42 Å². The van der Waals surface area contributed by atoms with Gasteiger partial charge in [0, 0.05) is 30.9 Å². The molecular weight excluding hydrogens is 254 g/mol. The van der Waals surface area contributed by atoms with Gasteiger partial charge >= 0.3 is 0 Å². The average Bonchev–Trinajstić information content (AvgIpc) is 2.65. The van der Waals surface area contributed by atoms with E-state index in [-0.39, 0.29) is 5.91 Å². The summed E-state index contributed by atoms with van der Waals surface area (Å²) in [6.07, 6.45) is 2.66. The highest BCUT2D eigenvalue weighted by molar-refractivity contribution is 5.78. The van der Waals surface area contributed by atoms with Gasteiger partial charge in [-0.05, 0) is 32.6 Å². The molecule has 5 nitrogen and oxygen atoms in total. The highest BCUT2D eigenvalue weighted by atomic mass is 16.5. The Morgan fingerprint density at radius 2 is 2.35 bits per heavy atom. The molecule has 0 unspecified atom stereocenters. The van der Waals surface area contributed by atoms with Crippen molar-refractivity contribution in [2.75, 3.05) is 46.9 Å². The van der Waals surface area contributed by atoms with Crippen LogP contribution in [0.15, 0.2) is 24.4 Å². The zero-order chi connectivity index (χ0) is 14.4. The van der Waals surface area contributed by atoms with E-state index < -0.39 is 0 Å². The fourth-order valence-electron chi connectivity index (χ4n) is 2.42. The molecule has 0 N–H and O–H groups in total. The lowest BCUT2D eigenvalue weighted by Crippen LogP contribution is -2.41. The van der Waals surface area contributed by atoms with E-state index in [9.17, 15) is 4.79 Å². The Balaban J connectivity index is 1.94. The normalized spacial score (nSPS) is 19.9. The minimum atomic E-state index is 0.173. The van der Waals surface area contributed by atoms with Crippen molar-refractivity contribution < 1.29 is 9.53 Å². The highest BCUT2D eigenvalue weighted by Gasteiger charge is 2.23. The van der Waals surface area contributed by atoms with Crippen LogP contribution in [-0.2, 0) is 16.0 Å². The summed E-state index contributed by atoms with van der Waals surface area (Å²) >= 11 is 0. The average molecular weight is 277 g/mol. The van der Waals surface area contributed by atoms with Crippen LogP contribution in [0.3, 0.4) is 0 Å². The molecule has 1 atom stereocenters. The fourth-order valence-corrected chi connectivity index (χ4v) is 2.42. The monoisotopic (exact) mass is 277 g/mol. The number of likely N-dealkylation sites (N-methyl/N-ethyl adjacent to an activating group) is 1. The lowest BCUT2D eigenvalue weighted by molar-refractivity contribution is -0.132. The van der Waals surface area contributed by atoms with Gasteiger partial charge in [0.05, 0.1) is 19.8 Å². The number of nitrogens with zero attached hydrogens (tertiary/aromatic N) is 3. The standard InChI is InChI=1S/C15H23N3O2/c1-17(2)11-15(19)18-7-8-20-12-13(10-18)9-14-5-3-4-6-16-14/h3-6,13H,7-12H2,1-2H3/t13-/m0/s1. The number of carbonyl (C=O) groups excluding carboxylic acids is 1. The Kier molecular flexibility index (Phi) is 5.49. The molecule has 2 rings (SSSR count). The topological polar surface area (TPSA) is 45.7 Å². The summed E-state index contributed by atoms with van der Waals surface area (Å²) in [5.74, 6) is 0.491. The molecule has 2 heterocycles. The predicted molar refractivity (Wildman–Crippen MR) is 77.4 cm³/mol. The first-order valence-electron chi connectivity index (χ1n) is 7.05. The van der Waals surface area contributed by atoms with Crippen LogP contribution in [-0.4, -0.2) is 67.6 Å². The van der Waals surface area contributed by atoms with Gasteiger partial charge in [0.1, 0.15) is 0 Å². The van der Waals surface area contributed by atoms with E-state index in [1.807, 2.05) is 48.3 Å². The van der Waals surface area contributed by atoms with E-state index in [0.717, 1.165) is 18.7 Å². The summed E-state index contributed by atoms with van der Waals surface area (Å²) in [5, 5.41) is 0. The molecule has 1 aliphatic heterocycles. The first-order chi connectivity index (χ1) is 9.65. The Bertz CT molecular complexity index is 422. The second kappa shape index (κ2) is 7.36. The van der Waals surface area contributed by atoms with Gasteiger partial charge in [0.15, 0.2) is 0 Å². The Hall–Kier alpha value is -1.46. The zero-order valence-electron chi connectivity index (χ0n) is 12.3. The summed E-state index contributed by atoms with van der Waals surface area (Å²) < 4.78 is 5.63. The molecule has 0 aliphatic carbocycles. The van der Waals surface area contributed by atoms with Crippen molar-refractivity contribution in [1.82, 2.24) is 14.8 Å². The van der Waals surface area contributed by atoms with Gasteiger partial charge < -0.3 is 14.5 Å². The predicted octanol–water partition coefficient (Wildman–Crippen LogP) is 0.661. The Labute approximate surface area is 120 Å². The van der Waals surface area contributed by atoms with Gasteiger partial charge in [-0.25, -0.2) is 0 Å².